The average molecular weight is 444 g/mol. The van der Waals surface area contributed by atoms with Gasteiger partial charge in [0.2, 0.25) is 5.91 Å². The standard InChI is InChI=1S/C29H34N2O2/c1-23-11-9-16-27(21-23)33-20-10-18-31(2)19-17-26(22-31)29(28(30)32,24-12-5-3-6-13-24)25-14-7-4-8-15-25/h3-9,11-16,21,26H,10,17-20,22H2,1-2H3,(H-,30,32)/p+1. The molecule has 4 nitrogen and oxygen atoms in total. The first-order valence-electron chi connectivity index (χ1n) is 11.9. The van der Waals surface area contributed by atoms with Gasteiger partial charge in [0.15, 0.2) is 0 Å². The van der Waals surface area contributed by atoms with Crippen molar-refractivity contribution < 1.29 is 14.0 Å². The zero-order valence-corrected chi connectivity index (χ0v) is 19.7. The molecule has 1 aliphatic heterocycles. The summed E-state index contributed by atoms with van der Waals surface area (Å²) in [5.74, 6) is 0.807. The molecule has 0 bridgehead atoms. The predicted octanol–water partition coefficient (Wildman–Crippen LogP) is 4.70. The molecule has 1 aliphatic rings. The van der Waals surface area contributed by atoms with E-state index in [0.717, 1.165) is 53.8 Å². The number of nitrogens with two attached hydrogens (primary N) is 1. The van der Waals surface area contributed by atoms with Gasteiger partial charge in [-0.15, -0.1) is 0 Å². The number of aryl methyl sites for hydroxylation is 1. The van der Waals surface area contributed by atoms with Crippen molar-refractivity contribution in [2.45, 2.75) is 25.2 Å². The Hall–Kier alpha value is -3.11. The van der Waals surface area contributed by atoms with E-state index in [4.69, 9.17) is 10.5 Å². The number of quaternary nitrogens is 1. The van der Waals surface area contributed by atoms with Gasteiger partial charge in [-0.3, -0.25) is 4.79 Å². The molecular weight excluding hydrogens is 408 g/mol. The molecule has 0 aliphatic carbocycles. The molecular formula is C29H35N2O2+. The SMILES string of the molecule is Cc1cccc(OCCC[N+]2(C)CCC(C(C(N)=O)(c3ccccc3)c3ccccc3)C2)c1. The first-order chi connectivity index (χ1) is 15.9. The number of carbonyl (C=O) groups is 1. The fourth-order valence-electron chi connectivity index (χ4n) is 5.61. The van der Waals surface area contributed by atoms with Crippen LogP contribution in [0.5, 0.6) is 5.75 Å². The van der Waals surface area contributed by atoms with E-state index in [9.17, 15) is 4.79 Å². The fraction of sp³-hybridized carbons (Fsp3) is 0.345. The zero-order valence-electron chi connectivity index (χ0n) is 19.7. The second-order valence-corrected chi connectivity index (χ2v) is 9.66. The van der Waals surface area contributed by atoms with Crippen LogP contribution in [0.3, 0.4) is 0 Å². The molecule has 172 valence electrons. The number of rotatable bonds is 9. The Labute approximate surface area is 197 Å². The molecule has 0 spiro atoms. The van der Waals surface area contributed by atoms with Crippen molar-refractivity contribution in [1.82, 2.24) is 0 Å². The highest BCUT2D eigenvalue weighted by atomic mass is 16.5. The molecule has 2 atom stereocenters. The predicted molar refractivity (Wildman–Crippen MR) is 133 cm³/mol. The van der Waals surface area contributed by atoms with Crippen molar-refractivity contribution in [1.29, 1.82) is 0 Å². The van der Waals surface area contributed by atoms with Gasteiger partial charge in [-0.05, 0) is 35.7 Å². The van der Waals surface area contributed by atoms with Crippen LogP contribution < -0.4 is 10.5 Å². The van der Waals surface area contributed by atoms with Gasteiger partial charge in [-0.1, -0.05) is 72.8 Å². The highest BCUT2D eigenvalue weighted by molar-refractivity contribution is 5.91. The minimum Gasteiger partial charge on any atom is -0.493 e. The number of nitrogens with zero attached hydrogens (tertiary/aromatic N) is 1. The largest absolute Gasteiger partial charge is 0.493 e. The topological polar surface area (TPSA) is 52.3 Å². The molecule has 3 aromatic carbocycles. The van der Waals surface area contributed by atoms with E-state index >= 15 is 0 Å². The van der Waals surface area contributed by atoms with Gasteiger partial charge < -0.3 is 15.0 Å². The second-order valence-electron chi connectivity index (χ2n) is 9.66. The normalized spacial score (nSPS) is 20.5. The number of likely N-dealkylation sites (tertiary alicyclic amines) is 1. The van der Waals surface area contributed by atoms with E-state index in [1.54, 1.807) is 0 Å². The minimum absolute atomic E-state index is 0.141. The first kappa shape index (κ1) is 23.1. The summed E-state index contributed by atoms with van der Waals surface area (Å²) in [6.45, 7) is 5.73. The van der Waals surface area contributed by atoms with Gasteiger partial charge in [-0.2, -0.15) is 0 Å². The molecule has 1 saturated heterocycles. The lowest BCUT2D eigenvalue weighted by molar-refractivity contribution is -0.899. The van der Waals surface area contributed by atoms with Gasteiger partial charge in [0.1, 0.15) is 11.2 Å². The van der Waals surface area contributed by atoms with Crippen LogP contribution >= 0.6 is 0 Å². The van der Waals surface area contributed by atoms with Gasteiger partial charge >= 0.3 is 0 Å². The Morgan fingerprint density at radius 1 is 1.00 bits per heavy atom. The lowest BCUT2D eigenvalue weighted by atomic mass is 9.64. The fourth-order valence-corrected chi connectivity index (χ4v) is 5.61. The Kier molecular flexibility index (Phi) is 6.85. The van der Waals surface area contributed by atoms with Gasteiger partial charge in [0.05, 0.1) is 33.3 Å². The van der Waals surface area contributed by atoms with Crippen molar-refractivity contribution in [3.63, 3.8) is 0 Å². The highest BCUT2D eigenvalue weighted by Gasteiger charge is 2.53. The van der Waals surface area contributed by atoms with Crippen molar-refractivity contribution in [3.8, 4) is 5.75 Å². The van der Waals surface area contributed by atoms with Crippen LogP contribution in [-0.2, 0) is 10.2 Å². The molecule has 1 heterocycles. The van der Waals surface area contributed by atoms with Crippen LogP contribution in [-0.4, -0.2) is 43.7 Å². The summed E-state index contributed by atoms with van der Waals surface area (Å²) in [5, 5.41) is 0. The van der Waals surface area contributed by atoms with E-state index < -0.39 is 5.41 Å². The summed E-state index contributed by atoms with van der Waals surface area (Å²) >= 11 is 0. The Morgan fingerprint density at radius 2 is 1.64 bits per heavy atom. The summed E-state index contributed by atoms with van der Waals surface area (Å²) < 4.78 is 6.91. The number of ether oxygens (including phenoxy) is 1. The van der Waals surface area contributed by atoms with Gasteiger partial charge in [0.25, 0.3) is 0 Å². The van der Waals surface area contributed by atoms with Crippen LogP contribution in [0, 0.1) is 12.8 Å². The third-order valence-corrected chi connectivity index (χ3v) is 7.24. The number of benzene rings is 3. The monoisotopic (exact) mass is 443 g/mol. The third-order valence-electron chi connectivity index (χ3n) is 7.24. The maximum absolute atomic E-state index is 13.3. The van der Waals surface area contributed by atoms with Crippen molar-refractivity contribution >= 4 is 5.91 Å². The second kappa shape index (κ2) is 9.80. The van der Waals surface area contributed by atoms with E-state index in [0.29, 0.717) is 6.61 Å². The smallest absolute Gasteiger partial charge is 0.233 e. The highest BCUT2D eigenvalue weighted by Crippen LogP contribution is 2.45. The molecule has 4 heteroatoms. The molecule has 1 amide bonds. The van der Waals surface area contributed by atoms with E-state index in [-0.39, 0.29) is 11.8 Å². The molecule has 2 unspecified atom stereocenters. The van der Waals surface area contributed by atoms with Crippen molar-refractivity contribution in [2.75, 3.05) is 33.3 Å². The third kappa shape index (κ3) is 4.81. The van der Waals surface area contributed by atoms with E-state index in [1.165, 1.54) is 5.56 Å². The molecule has 2 N–H and O–H groups in total. The molecule has 4 rings (SSSR count). The molecule has 3 aromatic rings. The minimum atomic E-state index is -0.823. The maximum atomic E-state index is 13.3. The first-order valence-corrected chi connectivity index (χ1v) is 11.9. The number of carbonyl (C=O) groups excluding carboxylic acids is 1. The maximum Gasteiger partial charge on any atom is 0.233 e. The molecule has 0 saturated carbocycles. The average Bonchev–Trinajstić information content (AvgIpc) is 3.21. The summed E-state index contributed by atoms with van der Waals surface area (Å²) in [5.41, 5.74) is 8.60. The van der Waals surface area contributed by atoms with Crippen molar-refractivity contribution in [3.05, 3.63) is 102 Å². The lowest BCUT2D eigenvalue weighted by Gasteiger charge is -2.38. The lowest BCUT2D eigenvalue weighted by Crippen LogP contribution is -2.51. The summed E-state index contributed by atoms with van der Waals surface area (Å²) in [6.07, 6.45) is 1.93. The Bertz CT molecular complexity index is 1030. The summed E-state index contributed by atoms with van der Waals surface area (Å²) in [6, 6.07) is 28.4. The molecule has 0 radical (unpaired) electrons. The quantitative estimate of drug-likeness (QED) is 0.385. The van der Waals surface area contributed by atoms with Crippen molar-refractivity contribution in [2.24, 2.45) is 11.7 Å². The van der Waals surface area contributed by atoms with Gasteiger partial charge in [0, 0.05) is 18.8 Å². The number of amides is 1. The molecule has 33 heavy (non-hydrogen) atoms. The molecule has 1 fully saturated rings. The van der Waals surface area contributed by atoms with Crippen LogP contribution in [0.15, 0.2) is 84.9 Å². The zero-order chi connectivity index (χ0) is 23.3. The van der Waals surface area contributed by atoms with Crippen LogP contribution in [0.4, 0.5) is 0 Å². The van der Waals surface area contributed by atoms with Crippen LogP contribution in [0.1, 0.15) is 29.5 Å². The van der Waals surface area contributed by atoms with E-state index in [1.807, 2.05) is 48.5 Å². The van der Waals surface area contributed by atoms with E-state index in [2.05, 4.69) is 50.4 Å². The summed E-state index contributed by atoms with van der Waals surface area (Å²) in [7, 11) is 2.30. The molecule has 0 aromatic heterocycles. The Morgan fingerprint density at radius 3 is 2.21 bits per heavy atom. The van der Waals surface area contributed by atoms with Gasteiger partial charge in [-0.25, -0.2) is 0 Å². The Balaban J connectivity index is 1.52. The summed E-state index contributed by atoms with van der Waals surface area (Å²) in [4.78, 5) is 13.3. The number of hydrogen-bond acceptors (Lipinski definition) is 2. The van der Waals surface area contributed by atoms with Crippen LogP contribution in [0.25, 0.3) is 0 Å². The number of hydrogen-bond donors (Lipinski definition) is 1. The van der Waals surface area contributed by atoms with Crippen LogP contribution in [0.2, 0.25) is 0 Å². The number of primary amides is 1.